The Morgan fingerprint density at radius 1 is 1.25 bits per heavy atom. The highest BCUT2D eigenvalue weighted by molar-refractivity contribution is 5.76. The first-order valence-corrected chi connectivity index (χ1v) is 9.97. The number of nitrogens with one attached hydrogen (secondary N) is 1. The molecule has 28 heavy (non-hydrogen) atoms. The number of benzene rings is 2. The van der Waals surface area contributed by atoms with Crippen LogP contribution in [0, 0.1) is 12.3 Å². The fourth-order valence-corrected chi connectivity index (χ4v) is 4.40. The maximum atomic E-state index is 12.3. The van der Waals surface area contributed by atoms with E-state index in [0.717, 1.165) is 24.4 Å². The molecule has 0 spiro atoms. The molecule has 2 aromatic carbocycles. The number of carbonyl (C=O) groups is 1. The van der Waals surface area contributed by atoms with E-state index in [1.807, 2.05) is 30.3 Å². The maximum absolute atomic E-state index is 12.3. The summed E-state index contributed by atoms with van der Waals surface area (Å²) < 4.78 is 5.94. The summed E-state index contributed by atoms with van der Waals surface area (Å²) in [5.41, 5.74) is 3.23. The van der Waals surface area contributed by atoms with E-state index in [-0.39, 0.29) is 23.8 Å². The molecule has 1 fully saturated rings. The fourth-order valence-electron chi connectivity index (χ4n) is 4.40. The molecule has 2 atom stereocenters. The Labute approximate surface area is 166 Å². The van der Waals surface area contributed by atoms with Gasteiger partial charge in [0, 0.05) is 43.9 Å². The SMILES string of the molecule is Cc1ccc(CNC(=O)CCN2C[C@@H]3c4ccccc4OC[C@]3(CO)C2)cc1. The average molecular weight is 380 g/mol. The minimum absolute atomic E-state index is 0.0603. The summed E-state index contributed by atoms with van der Waals surface area (Å²) in [4.78, 5) is 14.6. The molecule has 0 unspecified atom stereocenters. The minimum Gasteiger partial charge on any atom is -0.493 e. The van der Waals surface area contributed by atoms with Crippen molar-refractivity contribution in [3.63, 3.8) is 0 Å². The molecule has 1 saturated heterocycles. The van der Waals surface area contributed by atoms with Crippen LogP contribution >= 0.6 is 0 Å². The third-order valence-electron chi connectivity index (χ3n) is 6.11. The van der Waals surface area contributed by atoms with E-state index in [2.05, 4.69) is 35.3 Å². The summed E-state index contributed by atoms with van der Waals surface area (Å²) in [6, 6.07) is 16.3. The molecule has 5 nitrogen and oxygen atoms in total. The van der Waals surface area contributed by atoms with Gasteiger partial charge in [0.25, 0.3) is 0 Å². The van der Waals surface area contributed by atoms with Gasteiger partial charge in [-0.3, -0.25) is 4.79 Å². The Bertz CT molecular complexity index is 836. The highest BCUT2D eigenvalue weighted by atomic mass is 16.5. The predicted octanol–water partition coefficient (Wildman–Crippen LogP) is 2.47. The topological polar surface area (TPSA) is 61.8 Å². The molecule has 0 aromatic heterocycles. The molecule has 0 saturated carbocycles. The van der Waals surface area contributed by atoms with E-state index in [1.165, 1.54) is 11.1 Å². The van der Waals surface area contributed by atoms with Gasteiger partial charge in [0.05, 0.1) is 13.2 Å². The zero-order chi connectivity index (χ0) is 19.6. The van der Waals surface area contributed by atoms with Crippen molar-refractivity contribution in [2.75, 3.05) is 32.8 Å². The predicted molar refractivity (Wildman–Crippen MR) is 108 cm³/mol. The number of amides is 1. The van der Waals surface area contributed by atoms with E-state index in [1.54, 1.807) is 0 Å². The lowest BCUT2D eigenvalue weighted by Gasteiger charge is -2.38. The largest absolute Gasteiger partial charge is 0.493 e. The maximum Gasteiger partial charge on any atom is 0.221 e. The van der Waals surface area contributed by atoms with Crippen LogP contribution in [0.3, 0.4) is 0 Å². The molecular weight excluding hydrogens is 352 g/mol. The number of likely N-dealkylation sites (tertiary alicyclic amines) is 1. The van der Waals surface area contributed by atoms with Crippen molar-refractivity contribution in [2.24, 2.45) is 5.41 Å². The van der Waals surface area contributed by atoms with Crippen molar-refractivity contribution in [3.8, 4) is 5.75 Å². The van der Waals surface area contributed by atoms with Gasteiger partial charge in [-0.15, -0.1) is 0 Å². The minimum atomic E-state index is -0.271. The van der Waals surface area contributed by atoms with Gasteiger partial charge in [0.1, 0.15) is 5.75 Å². The summed E-state index contributed by atoms with van der Waals surface area (Å²) in [6.45, 7) is 5.55. The number of carbonyl (C=O) groups excluding carboxylic acids is 1. The highest BCUT2D eigenvalue weighted by Crippen LogP contribution is 2.49. The van der Waals surface area contributed by atoms with Gasteiger partial charge in [-0.2, -0.15) is 0 Å². The molecule has 5 heteroatoms. The van der Waals surface area contributed by atoms with Crippen LogP contribution in [0.25, 0.3) is 0 Å². The van der Waals surface area contributed by atoms with Gasteiger partial charge in [-0.25, -0.2) is 0 Å². The van der Waals surface area contributed by atoms with Crippen molar-refractivity contribution in [2.45, 2.75) is 25.8 Å². The van der Waals surface area contributed by atoms with Crippen LogP contribution in [0.15, 0.2) is 48.5 Å². The number of para-hydroxylation sites is 1. The van der Waals surface area contributed by atoms with Crippen LogP contribution in [0.4, 0.5) is 0 Å². The molecule has 2 heterocycles. The third-order valence-corrected chi connectivity index (χ3v) is 6.11. The van der Waals surface area contributed by atoms with Crippen LogP contribution in [0.1, 0.15) is 29.0 Å². The number of aliphatic hydroxyl groups is 1. The standard InChI is InChI=1S/C23H28N2O3/c1-17-6-8-18(9-7-17)12-24-22(27)10-11-25-13-20-19-4-2-3-5-21(19)28-16-23(20,14-25)15-26/h2-9,20,26H,10-16H2,1H3,(H,24,27)/t20-,23-/m1/s1. The summed E-state index contributed by atoms with van der Waals surface area (Å²) >= 11 is 0. The summed E-state index contributed by atoms with van der Waals surface area (Å²) in [5, 5.41) is 13.1. The number of hydrogen-bond acceptors (Lipinski definition) is 4. The molecular formula is C23H28N2O3. The zero-order valence-electron chi connectivity index (χ0n) is 16.4. The lowest BCUT2D eigenvalue weighted by molar-refractivity contribution is -0.121. The highest BCUT2D eigenvalue weighted by Gasteiger charge is 2.50. The molecule has 0 bridgehead atoms. The molecule has 2 aliphatic rings. The number of rotatable bonds is 6. The second-order valence-corrected chi connectivity index (χ2v) is 8.15. The van der Waals surface area contributed by atoms with Crippen molar-refractivity contribution in [1.29, 1.82) is 0 Å². The van der Waals surface area contributed by atoms with Gasteiger partial charge in [0.15, 0.2) is 0 Å². The first-order chi connectivity index (χ1) is 13.6. The first-order valence-electron chi connectivity index (χ1n) is 9.97. The van der Waals surface area contributed by atoms with E-state index in [9.17, 15) is 9.90 Å². The van der Waals surface area contributed by atoms with Crippen molar-refractivity contribution in [3.05, 3.63) is 65.2 Å². The number of ether oxygens (including phenoxy) is 1. The Balaban J connectivity index is 1.32. The van der Waals surface area contributed by atoms with Crippen LogP contribution in [0.2, 0.25) is 0 Å². The molecule has 148 valence electrons. The molecule has 0 aliphatic carbocycles. The second kappa shape index (κ2) is 7.94. The molecule has 0 radical (unpaired) electrons. The molecule has 2 N–H and O–H groups in total. The third kappa shape index (κ3) is 3.77. The van der Waals surface area contributed by atoms with Crippen LogP contribution in [-0.4, -0.2) is 48.8 Å². The van der Waals surface area contributed by atoms with Crippen molar-refractivity contribution >= 4 is 5.91 Å². The van der Waals surface area contributed by atoms with E-state index in [0.29, 0.717) is 26.1 Å². The van der Waals surface area contributed by atoms with Crippen molar-refractivity contribution < 1.29 is 14.6 Å². The zero-order valence-corrected chi connectivity index (χ0v) is 16.4. The second-order valence-electron chi connectivity index (χ2n) is 8.15. The van der Waals surface area contributed by atoms with Gasteiger partial charge in [-0.05, 0) is 24.1 Å². The fraction of sp³-hybridized carbons (Fsp3) is 0.435. The monoisotopic (exact) mass is 380 g/mol. The molecule has 2 aliphatic heterocycles. The summed E-state index contributed by atoms with van der Waals surface area (Å²) in [6.07, 6.45) is 0.461. The van der Waals surface area contributed by atoms with Gasteiger partial charge in [-0.1, -0.05) is 48.0 Å². The number of aliphatic hydroxyl groups excluding tert-OH is 1. The number of aryl methyl sites for hydroxylation is 1. The lowest BCUT2D eigenvalue weighted by Crippen LogP contribution is -2.42. The van der Waals surface area contributed by atoms with E-state index < -0.39 is 0 Å². The van der Waals surface area contributed by atoms with Gasteiger partial charge >= 0.3 is 0 Å². The molecule has 2 aromatic rings. The Morgan fingerprint density at radius 3 is 2.82 bits per heavy atom. The van der Waals surface area contributed by atoms with Crippen LogP contribution < -0.4 is 10.1 Å². The summed E-state index contributed by atoms with van der Waals surface area (Å²) in [7, 11) is 0. The molecule has 4 rings (SSSR count). The van der Waals surface area contributed by atoms with E-state index in [4.69, 9.17) is 4.74 Å². The smallest absolute Gasteiger partial charge is 0.221 e. The lowest BCUT2D eigenvalue weighted by atomic mass is 9.74. The van der Waals surface area contributed by atoms with Gasteiger partial charge in [0.2, 0.25) is 5.91 Å². The quantitative estimate of drug-likeness (QED) is 0.808. The Hall–Kier alpha value is -2.37. The Morgan fingerprint density at radius 2 is 2.04 bits per heavy atom. The number of nitrogens with zero attached hydrogens (tertiary/aromatic N) is 1. The number of fused-ring (bicyclic) bond motifs is 3. The van der Waals surface area contributed by atoms with Crippen molar-refractivity contribution in [1.82, 2.24) is 10.2 Å². The average Bonchev–Trinajstić information content (AvgIpc) is 3.11. The normalized spacial score (nSPS) is 23.6. The summed E-state index contributed by atoms with van der Waals surface area (Å²) in [5.74, 6) is 1.23. The van der Waals surface area contributed by atoms with Crippen LogP contribution in [0.5, 0.6) is 5.75 Å². The first kappa shape index (κ1) is 19.0. The molecule has 1 amide bonds. The van der Waals surface area contributed by atoms with Crippen LogP contribution in [-0.2, 0) is 11.3 Å². The van der Waals surface area contributed by atoms with Gasteiger partial charge < -0.3 is 20.1 Å². The Kier molecular flexibility index (Phi) is 5.38. The van der Waals surface area contributed by atoms with E-state index >= 15 is 0 Å². The number of hydrogen-bond donors (Lipinski definition) is 2.